The molecule has 6 rings (SSSR count). The molecule has 0 radical (unpaired) electrons. The number of hydrogen-bond acceptors (Lipinski definition) is 2. The Balaban J connectivity index is 1.40. The molecule has 29 heavy (non-hydrogen) atoms. The molecule has 1 aromatic heterocycles. The van der Waals surface area contributed by atoms with E-state index in [1.165, 1.54) is 44.6 Å². The Morgan fingerprint density at radius 3 is 2.03 bits per heavy atom. The second-order valence-electron chi connectivity index (χ2n) is 7.33. The molecule has 136 valence electrons. The van der Waals surface area contributed by atoms with Crippen molar-refractivity contribution >= 4 is 32.6 Å². The molecule has 0 spiro atoms. The van der Waals surface area contributed by atoms with Gasteiger partial charge in [-0.25, -0.2) is 4.98 Å². The first-order valence-corrected chi connectivity index (χ1v) is 9.71. The molecule has 2 nitrogen and oxygen atoms in total. The predicted octanol–water partition coefficient (Wildman–Crippen LogP) is 7.47. The Labute approximate surface area is 168 Å². The van der Waals surface area contributed by atoms with Crippen molar-refractivity contribution in [3.63, 3.8) is 0 Å². The van der Waals surface area contributed by atoms with E-state index in [-0.39, 0.29) is 0 Å². The van der Waals surface area contributed by atoms with Gasteiger partial charge in [0, 0.05) is 0 Å². The summed E-state index contributed by atoms with van der Waals surface area (Å²) in [6.07, 6.45) is 1.49. The highest BCUT2D eigenvalue weighted by molar-refractivity contribution is 6.08. The van der Waals surface area contributed by atoms with Gasteiger partial charge in [0.25, 0.3) is 0 Å². The number of nitrogens with zero attached hydrogens (tertiary/aromatic N) is 1. The lowest BCUT2D eigenvalue weighted by molar-refractivity contribution is 0.602. The first-order chi connectivity index (χ1) is 14.3. The lowest BCUT2D eigenvalue weighted by Crippen LogP contribution is -1.83. The van der Waals surface area contributed by atoms with E-state index in [0.29, 0.717) is 0 Å². The summed E-state index contributed by atoms with van der Waals surface area (Å²) in [6.45, 7) is 0. The maximum absolute atomic E-state index is 5.43. The molecule has 0 aliphatic rings. The average molecular weight is 371 g/mol. The van der Waals surface area contributed by atoms with Gasteiger partial charge in [-0.1, -0.05) is 78.9 Å². The van der Waals surface area contributed by atoms with Crippen molar-refractivity contribution in [3.8, 4) is 22.3 Å². The monoisotopic (exact) mass is 371 g/mol. The zero-order valence-electron chi connectivity index (χ0n) is 15.7. The van der Waals surface area contributed by atoms with Crippen LogP contribution in [0.3, 0.4) is 0 Å². The van der Waals surface area contributed by atoms with Crippen molar-refractivity contribution < 1.29 is 4.42 Å². The van der Waals surface area contributed by atoms with Gasteiger partial charge >= 0.3 is 0 Å². The number of benzene rings is 5. The molecule has 2 heteroatoms. The topological polar surface area (TPSA) is 26.0 Å². The van der Waals surface area contributed by atoms with Crippen LogP contribution in [-0.2, 0) is 0 Å². The zero-order chi connectivity index (χ0) is 19.2. The molecule has 0 fully saturated rings. The van der Waals surface area contributed by atoms with E-state index in [4.69, 9.17) is 4.42 Å². The van der Waals surface area contributed by atoms with Crippen LogP contribution in [0.2, 0.25) is 0 Å². The fourth-order valence-electron chi connectivity index (χ4n) is 4.08. The van der Waals surface area contributed by atoms with Crippen molar-refractivity contribution in [2.75, 3.05) is 0 Å². The van der Waals surface area contributed by atoms with Crippen molar-refractivity contribution in [2.45, 2.75) is 0 Å². The minimum absolute atomic E-state index is 0.813. The van der Waals surface area contributed by atoms with Gasteiger partial charge in [0.2, 0.25) is 0 Å². The average Bonchev–Trinajstić information content (AvgIpc) is 3.27. The third-order valence-corrected chi connectivity index (χ3v) is 5.63. The molecule has 0 saturated carbocycles. The molecular formula is C27H17NO. The number of oxazole rings is 1. The summed E-state index contributed by atoms with van der Waals surface area (Å²) in [7, 11) is 0. The zero-order valence-corrected chi connectivity index (χ0v) is 15.7. The molecule has 0 aliphatic heterocycles. The van der Waals surface area contributed by atoms with Gasteiger partial charge in [0.15, 0.2) is 12.0 Å². The fourth-order valence-corrected chi connectivity index (χ4v) is 4.08. The Morgan fingerprint density at radius 1 is 0.517 bits per heavy atom. The van der Waals surface area contributed by atoms with E-state index < -0.39 is 0 Å². The molecule has 0 saturated heterocycles. The van der Waals surface area contributed by atoms with Gasteiger partial charge in [-0.05, 0) is 62.0 Å². The second kappa shape index (κ2) is 6.32. The van der Waals surface area contributed by atoms with E-state index >= 15 is 0 Å². The lowest BCUT2D eigenvalue weighted by atomic mass is 9.96. The van der Waals surface area contributed by atoms with Crippen LogP contribution in [-0.4, -0.2) is 4.98 Å². The first-order valence-electron chi connectivity index (χ1n) is 9.71. The van der Waals surface area contributed by atoms with Gasteiger partial charge in [0.05, 0.1) is 0 Å². The molecule has 6 aromatic rings. The number of aromatic nitrogens is 1. The third kappa shape index (κ3) is 2.69. The normalized spacial score (nSPS) is 11.4. The summed E-state index contributed by atoms with van der Waals surface area (Å²) in [5, 5.41) is 5.14. The highest BCUT2D eigenvalue weighted by Crippen LogP contribution is 2.31. The van der Waals surface area contributed by atoms with Crippen molar-refractivity contribution in [3.05, 3.63) is 103 Å². The number of hydrogen-bond donors (Lipinski definition) is 0. The third-order valence-electron chi connectivity index (χ3n) is 5.63. The van der Waals surface area contributed by atoms with Crippen molar-refractivity contribution in [2.24, 2.45) is 0 Å². The minimum atomic E-state index is 0.813. The maximum atomic E-state index is 5.43. The van der Waals surface area contributed by atoms with Gasteiger partial charge < -0.3 is 4.42 Å². The largest absolute Gasteiger partial charge is 0.443 e. The summed E-state index contributed by atoms with van der Waals surface area (Å²) in [6, 6.07) is 34.5. The minimum Gasteiger partial charge on any atom is -0.443 e. The molecule has 0 N–H and O–H groups in total. The van der Waals surface area contributed by atoms with Crippen molar-refractivity contribution in [1.82, 2.24) is 4.98 Å². The van der Waals surface area contributed by atoms with Crippen LogP contribution < -0.4 is 0 Å². The van der Waals surface area contributed by atoms with E-state index in [1.54, 1.807) is 0 Å². The van der Waals surface area contributed by atoms with Gasteiger partial charge in [-0.15, -0.1) is 0 Å². The summed E-state index contributed by atoms with van der Waals surface area (Å²) in [5.74, 6) is 0. The van der Waals surface area contributed by atoms with Crippen LogP contribution in [0.4, 0.5) is 0 Å². The van der Waals surface area contributed by atoms with Crippen LogP contribution in [0.1, 0.15) is 0 Å². The Bertz CT molecular complexity index is 1490. The molecule has 5 aromatic carbocycles. The molecule has 0 unspecified atom stereocenters. The quantitative estimate of drug-likeness (QED) is 0.295. The van der Waals surface area contributed by atoms with Crippen LogP contribution in [0.25, 0.3) is 54.9 Å². The molecule has 0 aliphatic carbocycles. The SMILES string of the molecule is c1ccc2c(c1)ccc1cc(-c3ccc(-c4ccc5ncoc5c4)cc3)ccc12. The molecule has 0 atom stereocenters. The smallest absolute Gasteiger partial charge is 0.181 e. The number of fused-ring (bicyclic) bond motifs is 4. The fraction of sp³-hybridized carbons (Fsp3) is 0. The highest BCUT2D eigenvalue weighted by atomic mass is 16.3. The Hall–Kier alpha value is -3.91. The van der Waals surface area contributed by atoms with Crippen molar-refractivity contribution in [1.29, 1.82) is 0 Å². The van der Waals surface area contributed by atoms with Crippen LogP contribution in [0, 0.1) is 0 Å². The summed E-state index contributed by atoms with van der Waals surface area (Å²) in [5.41, 5.74) is 6.43. The van der Waals surface area contributed by atoms with Gasteiger partial charge in [-0.3, -0.25) is 0 Å². The molecule has 0 bridgehead atoms. The molecule has 1 heterocycles. The summed E-state index contributed by atoms with van der Waals surface area (Å²) < 4.78 is 5.43. The second-order valence-corrected chi connectivity index (χ2v) is 7.33. The van der Waals surface area contributed by atoms with E-state index in [1.807, 2.05) is 12.1 Å². The van der Waals surface area contributed by atoms with Gasteiger partial charge in [0.1, 0.15) is 5.52 Å². The number of rotatable bonds is 2. The molecular weight excluding hydrogens is 354 g/mol. The van der Waals surface area contributed by atoms with Crippen LogP contribution in [0.5, 0.6) is 0 Å². The summed E-state index contributed by atoms with van der Waals surface area (Å²) in [4.78, 5) is 4.18. The highest BCUT2D eigenvalue weighted by Gasteiger charge is 2.06. The first kappa shape index (κ1) is 16.1. The van der Waals surface area contributed by atoms with Crippen LogP contribution in [0.15, 0.2) is 108 Å². The standard InChI is InChI=1S/C27H17NO/c1-2-4-24-20(3-1)9-10-23-15-21(11-13-25(23)24)18-5-7-19(8-6-18)22-12-14-26-27(16-22)29-17-28-26/h1-17H. The van der Waals surface area contributed by atoms with E-state index in [2.05, 4.69) is 89.9 Å². The maximum Gasteiger partial charge on any atom is 0.181 e. The Morgan fingerprint density at radius 2 is 1.17 bits per heavy atom. The predicted molar refractivity (Wildman–Crippen MR) is 120 cm³/mol. The molecule has 0 amide bonds. The van der Waals surface area contributed by atoms with E-state index in [9.17, 15) is 0 Å². The summed E-state index contributed by atoms with van der Waals surface area (Å²) >= 11 is 0. The van der Waals surface area contributed by atoms with E-state index in [0.717, 1.165) is 16.7 Å². The van der Waals surface area contributed by atoms with Gasteiger partial charge in [-0.2, -0.15) is 0 Å². The lowest BCUT2D eigenvalue weighted by Gasteiger charge is -2.08. The van der Waals surface area contributed by atoms with Crippen LogP contribution >= 0.6 is 0 Å². The Kier molecular flexibility index (Phi) is 3.50.